The summed E-state index contributed by atoms with van der Waals surface area (Å²) in [5.74, 6) is 0.479. The summed E-state index contributed by atoms with van der Waals surface area (Å²) in [4.78, 5) is 14.0. The second kappa shape index (κ2) is 5.64. The van der Waals surface area contributed by atoms with Crippen LogP contribution in [0.15, 0.2) is 46.3 Å². The van der Waals surface area contributed by atoms with Crippen molar-refractivity contribution < 1.29 is 4.79 Å². The molecule has 0 fully saturated rings. The molecule has 3 rings (SSSR count). The van der Waals surface area contributed by atoms with Crippen LogP contribution in [0.1, 0.15) is 9.67 Å². The molecule has 3 aromatic rings. The lowest BCUT2D eigenvalue weighted by atomic mass is 10.2. The van der Waals surface area contributed by atoms with E-state index >= 15 is 0 Å². The van der Waals surface area contributed by atoms with Gasteiger partial charge in [-0.15, -0.1) is 21.5 Å². The van der Waals surface area contributed by atoms with Gasteiger partial charge in [0.05, 0.1) is 4.88 Å². The fourth-order valence-corrected chi connectivity index (χ4v) is 2.82. The Balaban J connectivity index is 1.81. The molecule has 0 aliphatic carbocycles. The molecule has 0 aliphatic rings. The number of nitrogens with zero attached hydrogens (tertiary/aromatic N) is 4. The fraction of sp³-hybridized carbons (Fsp3) is 0.0769. The van der Waals surface area contributed by atoms with Crippen LogP contribution < -0.4 is 0 Å². The van der Waals surface area contributed by atoms with Crippen LogP contribution in [0.4, 0.5) is 0 Å². The molecule has 0 aliphatic heterocycles. The Kier molecular flexibility index (Phi) is 3.70. The first kappa shape index (κ1) is 13.1. The number of benzene rings is 1. The molecule has 0 unspecified atom stereocenters. The highest BCUT2D eigenvalue weighted by Gasteiger charge is 2.12. The summed E-state index contributed by atoms with van der Waals surface area (Å²) in [6, 6.07) is 11.3. The number of ketones is 1. The van der Waals surface area contributed by atoms with E-state index in [0.717, 1.165) is 10.0 Å². The number of aromatic nitrogens is 4. The van der Waals surface area contributed by atoms with Gasteiger partial charge in [-0.25, -0.2) is 0 Å². The van der Waals surface area contributed by atoms with Gasteiger partial charge in [0.15, 0.2) is 5.78 Å². The van der Waals surface area contributed by atoms with Crippen LogP contribution in [0.3, 0.4) is 0 Å². The molecular formula is C13H9BrN4OS. The van der Waals surface area contributed by atoms with Gasteiger partial charge in [0.2, 0.25) is 5.82 Å². The number of halogens is 1. The minimum Gasteiger partial charge on any atom is -0.291 e. The van der Waals surface area contributed by atoms with E-state index in [-0.39, 0.29) is 12.3 Å². The van der Waals surface area contributed by atoms with E-state index in [0.29, 0.717) is 10.7 Å². The molecular weight excluding hydrogens is 340 g/mol. The average Bonchev–Trinajstić information content (AvgIpc) is 3.10. The van der Waals surface area contributed by atoms with Gasteiger partial charge >= 0.3 is 0 Å². The first-order chi connectivity index (χ1) is 9.74. The molecule has 7 heteroatoms. The van der Waals surface area contributed by atoms with Crippen LogP contribution in [0, 0.1) is 0 Å². The molecule has 2 aromatic heterocycles. The highest BCUT2D eigenvalue weighted by molar-refractivity contribution is 9.10. The van der Waals surface area contributed by atoms with Crippen molar-refractivity contribution >= 4 is 33.0 Å². The fourth-order valence-electron chi connectivity index (χ4n) is 1.70. The van der Waals surface area contributed by atoms with Crippen molar-refractivity contribution in [3.8, 4) is 11.4 Å². The summed E-state index contributed by atoms with van der Waals surface area (Å²) in [5, 5.41) is 14.0. The highest BCUT2D eigenvalue weighted by Crippen LogP contribution is 2.24. The molecule has 1 aromatic carbocycles. The lowest BCUT2D eigenvalue weighted by Crippen LogP contribution is -2.12. The largest absolute Gasteiger partial charge is 0.291 e. The van der Waals surface area contributed by atoms with Gasteiger partial charge in [-0.2, -0.15) is 4.80 Å². The maximum absolute atomic E-state index is 12.0. The maximum Gasteiger partial charge on any atom is 0.206 e. The molecule has 0 N–H and O–H groups in total. The summed E-state index contributed by atoms with van der Waals surface area (Å²) >= 11 is 4.85. The third kappa shape index (κ3) is 2.68. The van der Waals surface area contributed by atoms with Crippen molar-refractivity contribution in [2.75, 3.05) is 0 Å². The lowest BCUT2D eigenvalue weighted by Gasteiger charge is -1.97. The number of rotatable bonds is 4. The minimum absolute atomic E-state index is 0.0175. The highest BCUT2D eigenvalue weighted by atomic mass is 79.9. The summed E-state index contributed by atoms with van der Waals surface area (Å²) < 4.78 is 0.893. The quantitative estimate of drug-likeness (QED) is 0.680. The van der Waals surface area contributed by atoms with Gasteiger partial charge in [-0.3, -0.25) is 4.79 Å². The number of Topliss-reactive ketones (excluding diaryl/α,β-unsaturated/α-hetero) is 1. The SMILES string of the molecule is O=C(Cn1nnc(-c2ccccc2Br)n1)c1cccs1. The number of carbonyl (C=O) groups is 1. The zero-order valence-corrected chi connectivity index (χ0v) is 12.6. The Bertz CT molecular complexity index is 738. The van der Waals surface area contributed by atoms with Crippen molar-refractivity contribution in [3.63, 3.8) is 0 Å². The molecule has 0 saturated heterocycles. The van der Waals surface area contributed by atoms with Gasteiger partial charge in [0, 0.05) is 10.0 Å². The normalized spacial score (nSPS) is 10.7. The number of tetrazole rings is 1. The smallest absolute Gasteiger partial charge is 0.206 e. The number of thiophene rings is 1. The third-order valence-electron chi connectivity index (χ3n) is 2.65. The topological polar surface area (TPSA) is 60.7 Å². The number of hydrogen-bond donors (Lipinski definition) is 0. The van der Waals surface area contributed by atoms with Crippen LogP contribution in [-0.2, 0) is 6.54 Å². The van der Waals surface area contributed by atoms with Crippen LogP contribution in [0.5, 0.6) is 0 Å². The van der Waals surface area contributed by atoms with Crippen LogP contribution >= 0.6 is 27.3 Å². The van der Waals surface area contributed by atoms with Gasteiger partial charge < -0.3 is 0 Å². The van der Waals surface area contributed by atoms with Crippen LogP contribution in [0.2, 0.25) is 0 Å². The van der Waals surface area contributed by atoms with Crippen molar-refractivity contribution in [1.82, 2.24) is 20.2 Å². The van der Waals surface area contributed by atoms with Crippen LogP contribution in [0.25, 0.3) is 11.4 Å². The summed E-state index contributed by atoms with van der Waals surface area (Å²) in [6.07, 6.45) is 0. The second-order valence-electron chi connectivity index (χ2n) is 4.02. The Morgan fingerprint density at radius 1 is 1.25 bits per heavy atom. The predicted molar refractivity (Wildman–Crippen MR) is 79.6 cm³/mol. The molecule has 0 radical (unpaired) electrons. The molecule has 0 spiro atoms. The molecule has 0 atom stereocenters. The number of carbonyl (C=O) groups excluding carboxylic acids is 1. The summed E-state index contributed by atoms with van der Waals surface area (Å²) in [5.41, 5.74) is 0.849. The lowest BCUT2D eigenvalue weighted by molar-refractivity contribution is 0.0965. The minimum atomic E-state index is -0.0175. The van der Waals surface area contributed by atoms with Gasteiger partial charge in [0.1, 0.15) is 6.54 Å². The molecule has 0 amide bonds. The molecule has 20 heavy (non-hydrogen) atoms. The molecule has 0 saturated carbocycles. The zero-order valence-electron chi connectivity index (χ0n) is 10.2. The average molecular weight is 349 g/mol. The standard InChI is InChI=1S/C13H9BrN4OS/c14-10-5-2-1-4-9(10)13-15-17-18(16-13)8-11(19)12-6-3-7-20-12/h1-7H,8H2. The van der Waals surface area contributed by atoms with E-state index in [2.05, 4.69) is 31.3 Å². The molecule has 5 nitrogen and oxygen atoms in total. The summed E-state index contributed by atoms with van der Waals surface area (Å²) in [7, 11) is 0. The van der Waals surface area contributed by atoms with Crippen molar-refractivity contribution in [3.05, 3.63) is 51.1 Å². The van der Waals surface area contributed by atoms with E-state index in [1.807, 2.05) is 35.7 Å². The Morgan fingerprint density at radius 3 is 2.85 bits per heavy atom. The second-order valence-corrected chi connectivity index (χ2v) is 5.83. The van der Waals surface area contributed by atoms with Gasteiger partial charge in [-0.1, -0.05) is 34.1 Å². The predicted octanol–water partition coefficient (Wildman–Crippen LogP) is 3.05. The first-order valence-electron chi connectivity index (χ1n) is 5.83. The van der Waals surface area contributed by atoms with Gasteiger partial charge in [-0.05, 0) is 28.8 Å². The van der Waals surface area contributed by atoms with E-state index < -0.39 is 0 Å². The zero-order chi connectivity index (χ0) is 13.9. The van der Waals surface area contributed by atoms with Crippen molar-refractivity contribution in [2.45, 2.75) is 6.54 Å². The van der Waals surface area contributed by atoms with E-state index in [1.54, 1.807) is 6.07 Å². The van der Waals surface area contributed by atoms with Crippen molar-refractivity contribution in [1.29, 1.82) is 0 Å². The summed E-state index contributed by atoms with van der Waals surface area (Å²) in [6.45, 7) is 0.0952. The number of hydrogen-bond acceptors (Lipinski definition) is 5. The Labute approximate surface area is 127 Å². The monoisotopic (exact) mass is 348 g/mol. The molecule has 0 bridgehead atoms. The first-order valence-corrected chi connectivity index (χ1v) is 7.51. The van der Waals surface area contributed by atoms with Crippen LogP contribution in [-0.4, -0.2) is 26.0 Å². The Morgan fingerprint density at radius 2 is 2.10 bits per heavy atom. The van der Waals surface area contributed by atoms with E-state index in [4.69, 9.17) is 0 Å². The van der Waals surface area contributed by atoms with Crippen molar-refractivity contribution in [2.24, 2.45) is 0 Å². The molecule has 2 heterocycles. The molecule has 100 valence electrons. The van der Waals surface area contributed by atoms with Gasteiger partial charge in [0.25, 0.3) is 0 Å². The van der Waals surface area contributed by atoms with E-state index in [9.17, 15) is 4.79 Å². The van der Waals surface area contributed by atoms with E-state index in [1.165, 1.54) is 16.1 Å². The Hall–Kier alpha value is -1.86. The maximum atomic E-state index is 12.0. The third-order valence-corrected chi connectivity index (χ3v) is 4.25.